The number of nitrogens with two attached hydrogens (primary N) is 1. The molecule has 3 heteroatoms. The number of aliphatic hydroxyl groups excluding tert-OH is 1. The molecule has 2 aliphatic rings. The fourth-order valence-corrected chi connectivity index (χ4v) is 3.50. The van der Waals surface area contributed by atoms with Gasteiger partial charge in [-0.05, 0) is 50.1 Å². The van der Waals surface area contributed by atoms with Crippen LogP contribution in [-0.2, 0) is 0 Å². The molecule has 3 N–H and O–H groups in total. The quantitative estimate of drug-likeness (QED) is 0.741. The van der Waals surface area contributed by atoms with Crippen molar-refractivity contribution in [2.24, 2.45) is 17.1 Å². The minimum atomic E-state index is 0.348. The van der Waals surface area contributed by atoms with Gasteiger partial charge in [-0.2, -0.15) is 0 Å². The molecule has 0 aromatic carbocycles. The lowest BCUT2D eigenvalue weighted by Crippen LogP contribution is -2.40. The first-order chi connectivity index (χ1) is 7.78. The number of rotatable bonds is 5. The van der Waals surface area contributed by atoms with Gasteiger partial charge >= 0.3 is 0 Å². The molecule has 16 heavy (non-hydrogen) atoms. The normalized spacial score (nSPS) is 30.0. The molecule has 0 aromatic heterocycles. The summed E-state index contributed by atoms with van der Waals surface area (Å²) in [5.74, 6) is 0.723. The van der Waals surface area contributed by atoms with Crippen LogP contribution in [0.25, 0.3) is 0 Å². The van der Waals surface area contributed by atoms with Crippen molar-refractivity contribution in [3.8, 4) is 0 Å². The van der Waals surface area contributed by atoms with Gasteiger partial charge in [0, 0.05) is 19.7 Å². The van der Waals surface area contributed by atoms with Gasteiger partial charge in [-0.3, -0.25) is 0 Å². The van der Waals surface area contributed by atoms with Gasteiger partial charge in [-0.15, -0.1) is 0 Å². The molecule has 1 heterocycles. The highest BCUT2D eigenvalue weighted by Crippen LogP contribution is 2.38. The molecule has 0 radical (unpaired) electrons. The van der Waals surface area contributed by atoms with Crippen molar-refractivity contribution in [1.29, 1.82) is 0 Å². The number of aliphatic hydroxyl groups is 1. The van der Waals surface area contributed by atoms with E-state index in [1.165, 1.54) is 51.7 Å². The van der Waals surface area contributed by atoms with Crippen molar-refractivity contribution in [3.05, 3.63) is 0 Å². The lowest BCUT2D eigenvalue weighted by Gasteiger charge is -2.32. The largest absolute Gasteiger partial charge is 0.396 e. The van der Waals surface area contributed by atoms with Crippen LogP contribution in [0, 0.1) is 11.3 Å². The van der Waals surface area contributed by atoms with Gasteiger partial charge in [0.15, 0.2) is 0 Å². The molecule has 0 aromatic rings. The fourth-order valence-electron chi connectivity index (χ4n) is 3.50. The Morgan fingerprint density at radius 2 is 2.06 bits per heavy atom. The summed E-state index contributed by atoms with van der Waals surface area (Å²) in [5, 5.41) is 8.96. The summed E-state index contributed by atoms with van der Waals surface area (Å²) in [6, 6.07) is 0. The first-order valence-corrected chi connectivity index (χ1v) is 6.81. The van der Waals surface area contributed by atoms with Crippen LogP contribution in [0.3, 0.4) is 0 Å². The van der Waals surface area contributed by atoms with Crippen LogP contribution in [0.15, 0.2) is 0 Å². The zero-order chi connectivity index (χ0) is 11.4. The van der Waals surface area contributed by atoms with Gasteiger partial charge in [-0.1, -0.05) is 12.8 Å². The van der Waals surface area contributed by atoms with E-state index in [9.17, 15) is 0 Å². The van der Waals surface area contributed by atoms with Gasteiger partial charge < -0.3 is 15.7 Å². The summed E-state index contributed by atoms with van der Waals surface area (Å²) in [6.07, 6.45) is 7.62. The Morgan fingerprint density at radius 3 is 2.69 bits per heavy atom. The van der Waals surface area contributed by atoms with E-state index < -0.39 is 0 Å². The van der Waals surface area contributed by atoms with Gasteiger partial charge in [0.25, 0.3) is 0 Å². The number of likely N-dealkylation sites (tertiary alicyclic amines) is 1. The van der Waals surface area contributed by atoms with E-state index in [4.69, 9.17) is 10.8 Å². The maximum Gasteiger partial charge on any atom is 0.0434 e. The van der Waals surface area contributed by atoms with Crippen molar-refractivity contribution >= 4 is 0 Å². The average Bonchev–Trinajstić information content (AvgIpc) is 2.90. The van der Waals surface area contributed by atoms with Crippen molar-refractivity contribution in [1.82, 2.24) is 4.90 Å². The molecule has 1 unspecified atom stereocenters. The molecule has 0 spiro atoms. The van der Waals surface area contributed by atoms with E-state index in [0.29, 0.717) is 12.0 Å². The Bertz CT molecular complexity index is 214. The molecule has 3 nitrogen and oxygen atoms in total. The highest BCUT2D eigenvalue weighted by molar-refractivity contribution is 4.90. The van der Waals surface area contributed by atoms with E-state index >= 15 is 0 Å². The summed E-state index contributed by atoms with van der Waals surface area (Å²) < 4.78 is 0. The Kier molecular flexibility index (Phi) is 4.22. The summed E-state index contributed by atoms with van der Waals surface area (Å²) in [7, 11) is 0. The predicted molar refractivity (Wildman–Crippen MR) is 66.2 cm³/mol. The highest BCUT2D eigenvalue weighted by atomic mass is 16.3. The van der Waals surface area contributed by atoms with Gasteiger partial charge in [0.2, 0.25) is 0 Å². The van der Waals surface area contributed by atoms with Crippen LogP contribution in [0.4, 0.5) is 0 Å². The van der Waals surface area contributed by atoms with Gasteiger partial charge in [-0.25, -0.2) is 0 Å². The lowest BCUT2D eigenvalue weighted by atomic mass is 9.86. The Hall–Kier alpha value is -0.120. The first-order valence-electron chi connectivity index (χ1n) is 6.81. The predicted octanol–water partition coefficient (Wildman–Crippen LogP) is 1.21. The molecule has 1 saturated carbocycles. The highest BCUT2D eigenvalue weighted by Gasteiger charge is 2.36. The molecule has 1 aliphatic carbocycles. The molecular weight excluding hydrogens is 200 g/mol. The zero-order valence-electron chi connectivity index (χ0n) is 10.3. The number of hydrogen-bond acceptors (Lipinski definition) is 3. The molecule has 1 aliphatic heterocycles. The smallest absolute Gasteiger partial charge is 0.0434 e. The van der Waals surface area contributed by atoms with E-state index in [1.807, 2.05) is 0 Å². The van der Waals surface area contributed by atoms with Gasteiger partial charge in [0.1, 0.15) is 0 Å². The summed E-state index contributed by atoms with van der Waals surface area (Å²) in [4.78, 5) is 2.58. The Morgan fingerprint density at radius 1 is 1.31 bits per heavy atom. The molecule has 94 valence electrons. The van der Waals surface area contributed by atoms with Crippen LogP contribution in [0.1, 0.15) is 38.5 Å². The SMILES string of the molecule is NCC1(CN2CCC(CCO)C2)CCCC1. The molecule has 2 fully saturated rings. The van der Waals surface area contributed by atoms with E-state index in [0.717, 1.165) is 18.9 Å². The maximum absolute atomic E-state index is 8.96. The molecule has 1 saturated heterocycles. The average molecular weight is 226 g/mol. The van der Waals surface area contributed by atoms with Crippen LogP contribution in [-0.4, -0.2) is 42.8 Å². The standard InChI is InChI=1S/C13H26N2O/c14-10-13(5-1-2-6-13)11-15-7-3-12(9-15)4-8-16/h12,16H,1-11,14H2. The Labute approximate surface area is 99.0 Å². The maximum atomic E-state index is 8.96. The van der Waals surface area contributed by atoms with Gasteiger partial charge in [0.05, 0.1) is 0 Å². The monoisotopic (exact) mass is 226 g/mol. The minimum Gasteiger partial charge on any atom is -0.396 e. The topological polar surface area (TPSA) is 49.5 Å². The molecular formula is C13H26N2O. The van der Waals surface area contributed by atoms with Crippen LogP contribution in [0.2, 0.25) is 0 Å². The molecule has 2 rings (SSSR count). The summed E-state index contributed by atoms with van der Waals surface area (Å²) in [6.45, 7) is 4.80. The third-order valence-corrected chi connectivity index (χ3v) is 4.56. The number of nitrogens with zero attached hydrogens (tertiary/aromatic N) is 1. The summed E-state index contributed by atoms with van der Waals surface area (Å²) >= 11 is 0. The zero-order valence-corrected chi connectivity index (χ0v) is 10.3. The van der Waals surface area contributed by atoms with Crippen molar-refractivity contribution in [2.75, 3.05) is 32.8 Å². The minimum absolute atomic E-state index is 0.348. The number of hydrogen-bond donors (Lipinski definition) is 2. The molecule has 0 bridgehead atoms. The Balaban J connectivity index is 1.81. The summed E-state index contributed by atoms with van der Waals surface area (Å²) in [5.41, 5.74) is 6.40. The first kappa shape index (κ1) is 12.3. The second-order valence-corrected chi connectivity index (χ2v) is 5.81. The van der Waals surface area contributed by atoms with E-state index in [1.54, 1.807) is 0 Å². The second kappa shape index (κ2) is 5.48. The van der Waals surface area contributed by atoms with E-state index in [-0.39, 0.29) is 0 Å². The third kappa shape index (κ3) is 2.76. The third-order valence-electron chi connectivity index (χ3n) is 4.56. The van der Waals surface area contributed by atoms with Crippen LogP contribution in [0.5, 0.6) is 0 Å². The molecule has 1 atom stereocenters. The lowest BCUT2D eigenvalue weighted by molar-refractivity contribution is 0.175. The fraction of sp³-hybridized carbons (Fsp3) is 1.00. The van der Waals surface area contributed by atoms with Crippen molar-refractivity contribution < 1.29 is 5.11 Å². The van der Waals surface area contributed by atoms with Crippen molar-refractivity contribution in [3.63, 3.8) is 0 Å². The molecule has 0 amide bonds. The van der Waals surface area contributed by atoms with Crippen LogP contribution < -0.4 is 5.73 Å². The van der Waals surface area contributed by atoms with Crippen LogP contribution >= 0.6 is 0 Å². The van der Waals surface area contributed by atoms with E-state index in [2.05, 4.69) is 4.90 Å². The second-order valence-electron chi connectivity index (χ2n) is 5.81. The van der Waals surface area contributed by atoms with Crippen molar-refractivity contribution in [2.45, 2.75) is 38.5 Å².